The highest BCUT2D eigenvalue weighted by molar-refractivity contribution is 7.19. The molecule has 0 amide bonds. The van der Waals surface area contributed by atoms with Crippen LogP contribution in [0.1, 0.15) is 10.6 Å². The number of imidazole rings is 1. The Balaban J connectivity index is 1.80. The SMILES string of the molecule is Fc1ccc2cc(/C=C/Cc3c[nH]cn3)sc2c1. The first-order valence-corrected chi connectivity index (χ1v) is 6.46. The summed E-state index contributed by atoms with van der Waals surface area (Å²) in [5, 5.41) is 1.08. The van der Waals surface area contributed by atoms with E-state index in [9.17, 15) is 4.39 Å². The minimum Gasteiger partial charge on any atom is -0.351 e. The van der Waals surface area contributed by atoms with Gasteiger partial charge in [0, 0.05) is 22.2 Å². The lowest BCUT2D eigenvalue weighted by Crippen LogP contribution is -1.77. The van der Waals surface area contributed by atoms with Crippen LogP contribution < -0.4 is 0 Å². The van der Waals surface area contributed by atoms with E-state index in [1.54, 1.807) is 23.7 Å². The Morgan fingerprint density at radius 1 is 1.33 bits per heavy atom. The summed E-state index contributed by atoms with van der Waals surface area (Å²) in [5.74, 6) is -0.184. The fourth-order valence-electron chi connectivity index (χ4n) is 1.81. The monoisotopic (exact) mass is 258 g/mol. The van der Waals surface area contributed by atoms with Gasteiger partial charge in [0.2, 0.25) is 0 Å². The van der Waals surface area contributed by atoms with Gasteiger partial charge in [0.05, 0.1) is 12.0 Å². The number of aromatic nitrogens is 2. The van der Waals surface area contributed by atoms with Gasteiger partial charge >= 0.3 is 0 Å². The lowest BCUT2D eigenvalue weighted by molar-refractivity contribution is 0.630. The van der Waals surface area contributed by atoms with E-state index in [-0.39, 0.29) is 5.82 Å². The van der Waals surface area contributed by atoms with Crippen molar-refractivity contribution in [1.82, 2.24) is 9.97 Å². The van der Waals surface area contributed by atoms with E-state index < -0.39 is 0 Å². The number of benzene rings is 1. The molecule has 0 fully saturated rings. The molecule has 0 aliphatic rings. The van der Waals surface area contributed by atoms with Crippen LogP contribution in [-0.2, 0) is 6.42 Å². The van der Waals surface area contributed by atoms with Crippen molar-refractivity contribution in [2.45, 2.75) is 6.42 Å². The van der Waals surface area contributed by atoms with Gasteiger partial charge in [-0.15, -0.1) is 11.3 Å². The predicted molar refractivity (Wildman–Crippen MR) is 73.1 cm³/mol. The van der Waals surface area contributed by atoms with Gasteiger partial charge in [0.15, 0.2) is 0 Å². The summed E-state index contributed by atoms with van der Waals surface area (Å²) in [4.78, 5) is 8.20. The third-order valence-electron chi connectivity index (χ3n) is 2.67. The highest BCUT2D eigenvalue weighted by Gasteiger charge is 2.00. The first-order valence-electron chi connectivity index (χ1n) is 5.64. The van der Waals surface area contributed by atoms with Gasteiger partial charge < -0.3 is 4.98 Å². The van der Waals surface area contributed by atoms with E-state index >= 15 is 0 Å². The summed E-state index contributed by atoms with van der Waals surface area (Å²) in [7, 11) is 0. The van der Waals surface area contributed by atoms with Crippen LogP contribution in [0.3, 0.4) is 0 Å². The maximum atomic E-state index is 13.1. The van der Waals surface area contributed by atoms with Crippen molar-refractivity contribution in [2.24, 2.45) is 0 Å². The number of rotatable bonds is 3. The smallest absolute Gasteiger partial charge is 0.124 e. The fraction of sp³-hybridized carbons (Fsp3) is 0.0714. The number of aromatic amines is 1. The number of nitrogens with zero attached hydrogens (tertiary/aromatic N) is 1. The van der Waals surface area contributed by atoms with E-state index in [1.165, 1.54) is 6.07 Å². The molecule has 0 bridgehead atoms. The Kier molecular flexibility index (Phi) is 2.94. The average molecular weight is 258 g/mol. The topological polar surface area (TPSA) is 28.7 Å². The quantitative estimate of drug-likeness (QED) is 0.755. The molecule has 3 rings (SSSR count). The van der Waals surface area contributed by atoms with Crippen LogP contribution in [0.5, 0.6) is 0 Å². The third-order valence-corrected chi connectivity index (χ3v) is 3.73. The summed E-state index contributed by atoms with van der Waals surface area (Å²) in [6.07, 6.45) is 8.47. The molecule has 18 heavy (non-hydrogen) atoms. The maximum absolute atomic E-state index is 13.1. The van der Waals surface area contributed by atoms with Crippen LogP contribution in [0.2, 0.25) is 0 Å². The van der Waals surface area contributed by atoms with E-state index in [4.69, 9.17) is 0 Å². The van der Waals surface area contributed by atoms with Gasteiger partial charge in [0.1, 0.15) is 5.82 Å². The molecule has 0 spiro atoms. The van der Waals surface area contributed by atoms with E-state index in [2.05, 4.69) is 28.2 Å². The van der Waals surface area contributed by atoms with Crippen LogP contribution in [0.15, 0.2) is 42.9 Å². The molecule has 0 saturated heterocycles. The van der Waals surface area contributed by atoms with E-state index in [0.717, 1.165) is 27.1 Å². The third kappa shape index (κ3) is 2.33. The molecule has 1 aromatic carbocycles. The minimum atomic E-state index is -0.184. The van der Waals surface area contributed by atoms with Crippen molar-refractivity contribution in [3.63, 3.8) is 0 Å². The number of thiophene rings is 1. The minimum absolute atomic E-state index is 0.184. The zero-order valence-electron chi connectivity index (χ0n) is 9.56. The van der Waals surface area contributed by atoms with Gasteiger partial charge in [-0.25, -0.2) is 9.37 Å². The summed E-state index contributed by atoms with van der Waals surface area (Å²) < 4.78 is 14.0. The van der Waals surface area contributed by atoms with Crippen molar-refractivity contribution in [2.75, 3.05) is 0 Å². The van der Waals surface area contributed by atoms with Crippen molar-refractivity contribution in [1.29, 1.82) is 0 Å². The number of nitrogens with one attached hydrogen (secondary N) is 1. The molecule has 0 saturated carbocycles. The average Bonchev–Trinajstić information content (AvgIpc) is 2.97. The van der Waals surface area contributed by atoms with Crippen molar-refractivity contribution in [3.8, 4) is 0 Å². The Morgan fingerprint density at radius 3 is 3.11 bits per heavy atom. The van der Waals surface area contributed by atoms with Crippen LogP contribution in [0.25, 0.3) is 16.2 Å². The van der Waals surface area contributed by atoms with Gasteiger partial charge in [-0.2, -0.15) is 0 Å². The number of hydrogen-bond donors (Lipinski definition) is 1. The second kappa shape index (κ2) is 4.74. The number of fused-ring (bicyclic) bond motifs is 1. The molecule has 1 N–H and O–H groups in total. The molecule has 2 heterocycles. The van der Waals surface area contributed by atoms with E-state index in [0.29, 0.717) is 0 Å². The molecule has 2 nitrogen and oxygen atoms in total. The zero-order valence-corrected chi connectivity index (χ0v) is 10.4. The Bertz CT molecular complexity index is 683. The zero-order chi connectivity index (χ0) is 12.4. The van der Waals surface area contributed by atoms with Gasteiger partial charge in [0.25, 0.3) is 0 Å². The summed E-state index contributed by atoms with van der Waals surface area (Å²) in [6.45, 7) is 0. The molecule has 0 unspecified atom stereocenters. The molecular weight excluding hydrogens is 247 g/mol. The maximum Gasteiger partial charge on any atom is 0.124 e. The largest absolute Gasteiger partial charge is 0.351 e. The Labute approximate surface area is 108 Å². The summed E-state index contributed by atoms with van der Waals surface area (Å²) in [5.41, 5.74) is 1.01. The molecular formula is C14H11FN2S. The first kappa shape index (κ1) is 11.2. The first-order chi connectivity index (χ1) is 8.81. The van der Waals surface area contributed by atoms with Crippen molar-refractivity contribution >= 4 is 27.5 Å². The van der Waals surface area contributed by atoms with E-state index in [1.807, 2.05) is 12.3 Å². The highest BCUT2D eigenvalue weighted by atomic mass is 32.1. The Hall–Kier alpha value is -1.94. The Morgan fingerprint density at radius 2 is 2.28 bits per heavy atom. The van der Waals surface area contributed by atoms with Gasteiger partial charge in [-0.1, -0.05) is 12.1 Å². The lowest BCUT2D eigenvalue weighted by atomic mass is 10.2. The molecule has 3 aromatic rings. The number of halogens is 1. The number of hydrogen-bond acceptors (Lipinski definition) is 2. The molecule has 4 heteroatoms. The fourth-order valence-corrected chi connectivity index (χ4v) is 2.83. The molecule has 2 aromatic heterocycles. The highest BCUT2D eigenvalue weighted by Crippen LogP contribution is 2.27. The molecule has 90 valence electrons. The van der Waals surface area contributed by atoms with Gasteiger partial charge in [-0.05, 0) is 29.7 Å². The molecule has 0 atom stereocenters. The van der Waals surface area contributed by atoms with Crippen molar-refractivity contribution < 1.29 is 4.39 Å². The van der Waals surface area contributed by atoms with Crippen LogP contribution in [0.4, 0.5) is 4.39 Å². The molecule has 0 aliphatic carbocycles. The van der Waals surface area contributed by atoms with Crippen LogP contribution in [-0.4, -0.2) is 9.97 Å². The molecule has 0 radical (unpaired) electrons. The normalized spacial score (nSPS) is 11.6. The summed E-state index contributed by atoms with van der Waals surface area (Å²) >= 11 is 1.59. The predicted octanol–water partition coefficient (Wildman–Crippen LogP) is 4.02. The number of H-pyrrole nitrogens is 1. The molecule has 0 aliphatic heterocycles. The lowest BCUT2D eigenvalue weighted by Gasteiger charge is -1.86. The number of allylic oxidation sites excluding steroid dienone is 1. The second-order valence-electron chi connectivity index (χ2n) is 4.00. The van der Waals surface area contributed by atoms with Crippen LogP contribution in [0, 0.1) is 5.82 Å². The summed E-state index contributed by atoms with van der Waals surface area (Å²) in [6, 6.07) is 6.95. The van der Waals surface area contributed by atoms with Gasteiger partial charge in [-0.3, -0.25) is 0 Å². The van der Waals surface area contributed by atoms with Crippen LogP contribution >= 0.6 is 11.3 Å². The second-order valence-corrected chi connectivity index (χ2v) is 5.11. The standard InChI is InChI=1S/C14H11FN2S/c15-11-5-4-10-6-13(18-14(10)7-11)3-1-2-12-8-16-9-17-12/h1,3-9H,2H2,(H,16,17)/b3-1+. The van der Waals surface area contributed by atoms with Crippen molar-refractivity contribution in [3.05, 3.63) is 59.3 Å².